The summed E-state index contributed by atoms with van der Waals surface area (Å²) in [6.07, 6.45) is 1.97. The zero-order chi connectivity index (χ0) is 11.2. The molecule has 2 aromatic rings. The van der Waals surface area contributed by atoms with Gasteiger partial charge in [-0.2, -0.15) is 5.10 Å². The van der Waals surface area contributed by atoms with Crippen LogP contribution in [0.4, 0.5) is 0 Å². The van der Waals surface area contributed by atoms with E-state index in [-0.39, 0.29) is 5.41 Å². The molecule has 0 N–H and O–H groups in total. The van der Waals surface area contributed by atoms with Crippen molar-refractivity contribution in [3.63, 3.8) is 0 Å². The van der Waals surface area contributed by atoms with Crippen molar-refractivity contribution in [2.24, 2.45) is 0 Å². The van der Waals surface area contributed by atoms with E-state index < -0.39 is 0 Å². The molecule has 0 aliphatic carbocycles. The van der Waals surface area contributed by atoms with E-state index in [1.54, 1.807) is 0 Å². The van der Waals surface area contributed by atoms with E-state index in [9.17, 15) is 0 Å². The van der Waals surface area contributed by atoms with Crippen LogP contribution in [0, 0.1) is 13.8 Å². The number of hydrogen-bond donors (Lipinski definition) is 0. The lowest BCUT2D eigenvalue weighted by atomic mass is 9.92. The van der Waals surface area contributed by atoms with Gasteiger partial charge in [-0.05, 0) is 19.9 Å². The van der Waals surface area contributed by atoms with Crippen LogP contribution in [0.2, 0.25) is 0 Å². The summed E-state index contributed by atoms with van der Waals surface area (Å²) < 4.78 is 1.93. The number of rotatable bonds is 0. The minimum absolute atomic E-state index is 0.0896. The topological polar surface area (TPSA) is 30.2 Å². The van der Waals surface area contributed by atoms with Crippen molar-refractivity contribution in [2.45, 2.75) is 40.0 Å². The molecule has 3 nitrogen and oxygen atoms in total. The zero-order valence-electron chi connectivity index (χ0n) is 10.00. The van der Waals surface area contributed by atoms with Gasteiger partial charge in [-0.1, -0.05) is 20.8 Å². The van der Waals surface area contributed by atoms with Gasteiger partial charge in [0.05, 0.1) is 28.8 Å². The second kappa shape index (κ2) is 3.05. The molecule has 0 unspecified atom stereocenters. The van der Waals surface area contributed by atoms with Crippen LogP contribution in [0.3, 0.4) is 0 Å². The Morgan fingerprint density at radius 1 is 1.20 bits per heavy atom. The lowest BCUT2D eigenvalue weighted by Gasteiger charge is -2.13. The molecule has 0 aliphatic heterocycles. The van der Waals surface area contributed by atoms with Gasteiger partial charge in [0, 0.05) is 5.41 Å². The Bertz CT molecular complexity index is 503. The zero-order valence-corrected chi connectivity index (χ0v) is 10.00. The molecule has 0 radical (unpaired) electrons. The number of aryl methyl sites for hydroxylation is 2. The average Bonchev–Trinajstić information content (AvgIpc) is 2.46. The maximum absolute atomic E-state index is 4.58. The minimum Gasteiger partial charge on any atom is -0.255 e. The van der Waals surface area contributed by atoms with Crippen molar-refractivity contribution in [1.29, 1.82) is 0 Å². The molecule has 0 amide bonds. The standard InChI is InChI=1S/C12H17N3/c1-8-7-15-10(9(2)13-8)6-11(14-15)12(3,4)5/h6-7H,1-5H3. The molecule has 0 bridgehead atoms. The van der Waals surface area contributed by atoms with Crippen molar-refractivity contribution < 1.29 is 0 Å². The molecule has 2 heterocycles. The van der Waals surface area contributed by atoms with Gasteiger partial charge in [-0.15, -0.1) is 0 Å². The first-order valence-corrected chi connectivity index (χ1v) is 5.22. The number of fused-ring (bicyclic) bond motifs is 1. The van der Waals surface area contributed by atoms with E-state index in [2.05, 4.69) is 36.9 Å². The van der Waals surface area contributed by atoms with Crippen molar-refractivity contribution in [1.82, 2.24) is 14.6 Å². The maximum atomic E-state index is 4.58. The smallest absolute Gasteiger partial charge is 0.0877 e. The number of hydrogen-bond acceptors (Lipinski definition) is 2. The molecule has 0 aliphatic rings. The normalized spacial score (nSPS) is 12.3. The van der Waals surface area contributed by atoms with Crippen LogP contribution in [0.15, 0.2) is 12.3 Å². The van der Waals surface area contributed by atoms with Gasteiger partial charge < -0.3 is 0 Å². The molecule has 0 spiro atoms. The first-order valence-electron chi connectivity index (χ1n) is 5.22. The third-order valence-electron chi connectivity index (χ3n) is 2.53. The molecule has 2 rings (SSSR count). The minimum atomic E-state index is 0.0896. The van der Waals surface area contributed by atoms with Crippen LogP contribution in [-0.4, -0.2) is 14.6 Å². The van der Waals surface area contributed by atoms with E-state index in [0.717, 1.165) is 22.6 Å². The van der Waals surface area contributed by atoms with E-state index in [1.807, 2.05) is 24.6 Å². The largest absolute Gasteiger partial charge is 0.255 e. The summed E-state index contributed by atoms with van der Waals surface area (Å²) in [5, 5.41) is 4.58. The lowest BCUT2D eigenvalue weighted by molar-refractivity contribution is 0.562. The molecule has 80 valence electrons. The van der Waals surface area contributed by atoms with Crippen LogP contribution >= 0.6 is 0 Å². The molecule has 3 heteroatoms. The van der Waals surface area contributed by atoms with Crippen LogP contribution < -0.4 is 0 Å². The Hall–Kier alpha value is -1.38. The van der Waals surface area contributed by atoms with Crippen LogP contribution in [0.25, 0.3) is 5.52 Å². The van der Waals surface area contributed by atoms with Gasteiger partial charge in [0.2, 0.25) is 0 Å². The molecule has 0 aromatic carbocycles. The van der Waals surface area contributed by atoms with Gasteiger partial charge in [0.15, 0.2) is 0 Å². The van der Waals surface area contributed by atoms with Crippen LogP contribution in [0.1, 0.15) is 37.9 Å². The molecule has 2 aromatic heterocycles. The first kappa shape index (κ1) is 10.1. The summed E-state index contributed by atoms with van der Waals surface area (Å²) in [5.41, 5.74) is 4.34. The highest BCUT2D eigenvalue weighted by atomic mass is 15.2. The summed E-state index contributed by atoms with van der Waals surface area (Å²) in [5.74, 6) is 0. The SMILES string of the molecule is Cc1cn2nc(C(C)(C)C)cc2c(C)n1. The number of nitrogens with zero attached hydrogens (tertiary/aromatic N) is 3. The third-order valence-corrected chi connectivity index (χ3v) is 2.53. The lowest BCUT2D eigenvalue weighted by Crippen LogP contribution is -2.11. The molecule has 0 saturated heterocycles. The van der Waals surface area contributed by atoms with Gasteiger partial charge in [-0.25, -0.2) is 4.52 Å². The van der Waals surface area contributed by atoms with Gasteiger partial charge in [-0.3, -0.25) is 4.98 Å². The molecular weight excluding hydrogens is 186 g/mol. The monoisotopic (exact) mass is 203 g/mol. The second-order valence-electron chi connectivity index (χ2n) is 5.08. The Morgan fingerprint density at radius 3 is 2.47 bits per heavy atom. The van der Waals surface area contributed by atoms with Gasteiger partial charge >= 0.3 is 0 Å². The summed E-state index contributed by atoms with van der Waals surface area (Å²) in [6.45, 7) is 10.5. The van der Waals surface area contributed by atoms with E-state index >= 15 is 0 Å². The number of aromatic nitrogens is 3. The van der Waals surface area contributed by atoms with Crippen molar-refractivity contribution >= 4 is 5.52 Å². The first-order chi connectivity index (χ1) is 6.88. The second-order valence-corrected chi connectivity index (χ2v) is 5.08. The van der Waals surface area contributed by atoms with Crippen molar-refractivity contribution in [3.05, 3.63) is 29.3 Å². The fourth-order valence-corrected chi connectivity index (χ4v) is 1.66. The molecular formula is C12H17N3. The Balaban J connectivity index is 2.71. The molecule has 0 saturated carbocycles. The van der Waals surface area contributed by atoms with E-state index in [1.165, 1.54) is 0 Å². The Labute approximate surface area is 90.1 Å². The third kappa shape index (κ3) is 1.74. The fraction of sp³-hybridized carbons (Fsp3) is 0.500. The van der Waals surface area contributed by atoms with Gasteiger partial charge in [0.1, 0.15) is 0 Å². The predicted octanol–water partition coefficient (Wildman–Crippen LogP) is 2.64. The van der Waals surface area contributed by atoms with Crippen molar-refractivity contribution in [2.75, 3.05) is 0 Å². The quantitative estimate of drug-likeness (QED) is 0.659. The summed E-state index contributed by atoms with van der Waals surface area (Å²) in [6, 6.07) is 2.13. The van der Waals surface area contributed by atoms with Crippen LogP contribution in [-0.2, 0) is 5.41 Å². The fourth-order valence-electron chi connectivity index (χ4n) is 1.66. The van der Waals surface area contributed by atoms with E-state index in [0.29, 0.717) is 0 Å². The predicted molar refractivity (Wildman–Crippen MR) is 61.2 cm³/mol. The average molecular weight is 203 g/mol. The molecule has 0 fully saturated rings. The maximum Gasteiger partial charge on any atom is 0.0877 e. The molecule has 0 atom stereocenters. The van der Waals surface area contributed by atoms with Gasteiger partial charge in [0.25, 0.3) is 0 Å². The highest BCUT2D eigenvalue weighted by Gasteiger charge is 2.18. The summed E-state index contributed by atoms with van der Waals surface area (Å²) >= 11 is 0. The van der Waals surface area contributed by atoms with E-state index in [4.69, 9.17) is 0 Å². The summed E-state index contributed by atoms with van der Waals surface area (Å²) in [7, 11) is 0. The van der Waals surface area contributed by atoms with Crippen molar-refractivity contribution in [3.8, 4) is 0 Å². The highest BCUT2D eigenvalue weighted by molar-refractivity contribution is 5.52. The van der Waals surface area contributed by atoms with Crippen LogP contribution in [0.5, 0.6) is 0 Å². The Kier molecular flexibility index (Phi) is 2.07. The summed E-state index contributed by atoms with van der Waals surface area (Å²) in [4.78, 5) is 4.44. The highest BCUT2D eigenvalue weighted by Crippen LogP contribution is 2.22. The molecule has 15 heavy (non-hydrogen) atoms. The Morgan fingerprint density at radius 2 is 1.87 bits per heavy atom.